The molecule has 2 N–H and O–H groups in total. The highest BCUT2D eigenvalue weighted by molar-refractivity contribution is 6.17. The van der Waals surface area contributed by atoms with Crippen molar-refractivity contribution in [3.05, 3.63) is 65.7 Å². The number of benzene rings is 2. The number of carbonyl (C=O) groups excluding carboxylic acids is 1. The first kappa shape index (κ1) is 17.5. The maximum Gasteiger partial charge on any atom is 0.416 e. The predicted octanol–water partition coefficient (Wildman–Crippen LogP) is 3.84. The van der Waals surface area contributed by atoms with Crippen molar-refractivity contribution in [2.75, 3.05) is 5.32 Å². The molecule has 4 nitrogen and oxygen atoms in total. The van der Waals surface area contributed by atoms with Gasteiger partial charge in [0.15, 0.2) is 11.3 Å². The fraction of sp³-hybridized carbons (Fsp3) is 0.176. The smallest absolute Gasteiger partial charge is 0.416 e. The van der Waals surface area contributed by atoms with Crippen LogP contribution in [0, 0.1) is 0 Å². The molecule has 0 aromatic heterocycles. The van der Waals surface area contributed by atoms with E-state index in [2.05, 4.69) is 5.32 Å². The van der Waals surface area contributed by atoms with E-state index in [1.807, 2.05) is 0 Å². The van der Waals surface area contributed by atoms with Gasteiger partial charge in [-0.05, 0) is 31.2 Å². The molecule has 24 heavy (non-hydrogen) atoms. The number of carboxylic acid groups (broad SMARTS) is 1. The van der Waals surface area contributed by atoms with E-state index >= 15 is 0 Å². The Labute approximate surface area is 135 Å². The minimum atomic E-state index is -4.62. The van der Waals surface area contributed by atoms with Crippen molar-refractivity contribution >= 4 is 17.4 Å². The van der Waals surface area contributed by atoms with Gasteiger partial charge in [0.25, 0.3) is 0 Å². The van der Waals surface area contributed by atoms with Crippen LogP contribution in [-0.4, -0.2) is 22.4 Å². The van der Waals surface area contributed by atoms with E-state index in [4.69, 9.17) is 0 Å². The SMILES string of the molecule is CC(Nc1ccccc1)(C(=O)O)C(=O)c1cccc(C(F)(F)F)c1. The monoisotopic (exact) mass is 337 g/mol. The fourth-order valence-electron chi connectivity index (χ4n) is 2.14. The molecule has 0 heterocycles. The molecule has 0 aliphatic rings. The van der Waals surface area contributed by atoms with Crippen LogP contribution >= 0.6 is 0 Å². The molecule has 0 spiro atoms. The molecular weight excluding hydrogens is 323 g/mol. The van der Waals surface area contributed by atoms with Gasteiger partial charge in [0.2, 0.25) is 0 Å². The number of carbonyl (C=O) groups is 2. The second-order valence-electron chi connectivity index (χ2n) is 5.33. The van der Waals surface area contributed by atoms with E-state index in [-0.39, 0.29) is 5.56 Å². The van der Waals surface area contributed by atoms with Crippen molar-refractivity contribution in [2.45, 2.75) is 18.6 Å². The first-order chi connectivity index (χ1) is 11.1. The molecule has 2 rings (SSSR count). The molecule has 2 aromatic carbocycles. The summed E-state index contributed by atoms with van der Waals surface area (Å²) in [7, 11) is 0. The third kappa shape index (κ3) is 3.56. The molecule has 0 fully saturated rings. The zero-order valence-corrected chi connectivity index (χ0v) is 12.6. The number of para-hydroxylation sites is 1. The number of nitrogens with one attached hydrogen (secondary N) is 1. The van der Waals surface area contributed by atoms with Crippen molar-refractivity contribution in [3.8, 4) is 0 Å². The van der Waals surface area contributed by atoms with Crippen LogP contribution in [0.1, 0.15) is 22.8 Å². The summed E-state index contributed by atoms with van der Waals surface area (Å²) in [6.45, 7) is 1.12. The highest BCUT2D eigenvalue weighted by atomic mass is 19.4. The van der Waals surface area contributed by atoms with E-state index in [1.165, 1.54) is 0 Å². The van der Waals surface area contributed by atoms with E-state index in [1.54, 1.807) is 30.3 Å². The number of carboxylic acids is 1. The van der Waals surface area contributed by atoms with E-state index in [0.29, 0.717) is 11.8 Å². The molecule has 2 aromatic rings. The van der Waals surface area contributed by atoms with Crippen LogP contribution in [0.3, 0.4) is 0 Å². The van der Waals surface area contributed by atoms with Crippen LogP contribution in [-0.2, 0) is 11.0 Å². The topological polar surface area (TPSA) is 66.4 Å². The molecule has 0 bridgehead atoms. The van der Waals surface area contributed by atoms with Crippen LogP contribution in [0.4, 0.5) is 18.9 Å². The summed E-state index contributed by atoms with van der Waals surface area (Å²) in [5.41, 5.74) is -3.09. The quantitative estimate of drug-likeness (QED) is 0.642. The molecule has 1 atom stereocenters. The Kier molecular flexibility index (Phi) is 4.64. The van der Waals surface area contributed by atoms with Crippen LogP contribution in [0.2, 0.25) is 0 Å². The molecule has 0 aliphatic heterocycles. The van der Waals surface area contributed by atoms with E-state index in [0.717, 1.165) is 25.1 Å². The van der Waals surface area contributed by atoms with Gasteiger partial charge in [0.1, 0.15) is 0 Å². The van der Waals surface area contributed by atoms with Crippen LogP contribution in [0.25, 0.3) is 0 Å². The first-order valence-electron chi connectivity index (χ1n) is 6.93. The lowest BCUT2D eigenvalue weighted by Crippen LogP contribution is -2.50. The van der Waals surface area contributed by atoms with Gasteiger partial charge < -0.3 is 10.4 Å². The van der Waals surface area contributed by atoms with Gasteiger partial charge in [-0.25, -0.2) is 4.79 Å². The normalized spacial score (nSPS) is 13.8. The lowest BCUT2D eigenvalue weighted by molar-refractivity contribution is -0.140. The lowest BCUT2D eigenvalue weighted by atomic mass is 9.90. The van der Waals surface area contributed by atoms with Gasteiger partial charge >= 0.3 is 12.1 Å². The average Bonchev–Trinajstić information content (AvgIpc) is 2.54. The summed E-state index contributed by atoms with van der Waals surface area (Å²) >= 11 is 0. The number of Topliss-reactive ketones (excluding diaryl/α,β-unsaturated/α-hetero) is 1. The van der Waals surface area contributed by atoms with Crippen molar-refractivity contribution in [1.29, 1.82) is 0 Å². The Bertz CT molecular complexity index is 759. The van der Waals surface area contributed by atoms with Crippen LogP contribution < -0.4 is 5.32 Å². The molecule has 1 unspecified atom stereocenters. The average molecular weight is 337 g/mol. The number of ketones is 1. The second kappa shape index (κ2) is 6.35. The summed E-state index contributed by atoms with van der Waals surface area (Å²) in [5, 5.41) is 12.0. The van der Waals surface area contributed by atoms with Gasteiger partial charge in [0, 0.05) is 11.3 Å². The summed E-state index contributed by atoms with van der Waals surface area (Å²) in [5.74, 6) is -2.46. The third-order valence-corrected chi connectivity index (χ3v) is 3.50. The maximum absolute atomic E-state index is 12.8. The summed E-state index contributed by atoms with van der Waals surface area (Å²) in [4.78, 5) is 24.2. The number of hydrogen-bond acceptors (Lipinski definition) is 3. The zero-order valence-electron chi connectivity index (χ0n) is 12.6. The minimum absolute atomic E-state index is 0.335. The highest BCUT2D eigenvalue weighted by Gasteiger charge is 2.42. The number of halogens is 3. The van der Waals surface area contributed by atoms with Gasteiger partial charge in [-0.2, -0.15) is 13.2 Å². The number of aliphatic carboxylic acids is 1. The van der Waals surface area contributed by atoms with Gasteiger partial charge in [-0.3, -0.25) is 4.79 Å². The highest BCUT2D eigenvalue weighted by Crippen LogP contribution is 2.30. The molecule has 0 amide bonds. The van der Waals surface area contributed by atoms with Gasteiger partial charge in [-0.15, -0.1) is 0 Å². The van der Waals surface area contributed by atoms with Crippen molar-refractivity contribution in [2.24, 2.45) is 0 Å². The Morgan fingerprint density at radius 3 is 2.17 bits per heavy atom. The third-order valence-electron chi connectivity index (χ3n) is 3.50. The number of anilines is 1. The molecule has 0 saturated heterocycles. The Balaban J connectivity index is 2.41. The number of alkyl halides is 3. The second-order valence-corrected chi connectivity index (χ2v) is 5.33. The number of hydrogen-bond donors (Lipinski definition) is 2. The summed E-state index contributed by atoms with van der Waals surface area (Å²) in [6, 6.07) is 11.8. The van der Waals surface area contributed by atoms with Crippen molar-refractivity contribution < 1.29 is 27.9 Å². The standard InChI is InChI=1S/C17H14F3NO3/c1-16(15(23)24,21-13-8-3-2-4-9-13)14(22)11-6-5-7-12(10-11)17(18,19)20/h2-10,21H,1H3,(H,23,24). The van der Waals surface area contributed by atoms with Crippen molar-refractivity contribution in [1.82, 2.24) is 0 Å². The van der Waals surface area contributed by atoms with Crippen LogP contribution in [0.15, 0.2) is 54.6 Å². The molecule has 126 valence electrons. The fourth-order valence-corrected chi connectivity index (χ4v) is 2.14. The maximum atomic E-state index is 12.8. The molecule has 0 saturated carbocycles. The number of rotatable bonds is 5. The summed E-state index contributed by atoms with van der Waals surface area (Å²) in [6.07, 6.45) is -4.62. The lowest BCUT2D eigenvalue weighted by Gasteiger charge is -2.26. The van der Waals surface area contributed by atoms with Crippen molar-refractivity contribution in [3.63, 3.8) is 0 Å². The predicted molar refractivity (Wildman–Crippen MR) is 81.9 cm³/mol. The molecule has 0 aliphatic carbocycles. The molecular formula is C17H14F3NO3. The summed E-state index contributed by atoms with van der Waals surface area (Å²) < 4.78 is 38.4. The zero-order chi connectivity index (χ0) is 18.0. The largest absolute Gasteiger partial charge is 0.479 e. The van der Waals surface area contributed by atoms with E-state index in [9.17, 15) is 27.9 Å². The molecule has 7 heteroatoms. The van der Waals surface area contributed by atoms with Gasteiger partial charge in [-0.1, -0.05) is 30.3 Å². The first-order valence-corrected chi connectivity index (χ1v) is 6.93. The van der Waals surface area contributed by atoms with Crippen LogP contribution in [0.5, 0.6) is 0 Å². The minimum Gasteiger partial charge on any atom is -0.479 e. The van der Waals surface area contributed by atoms with E-state index < -0.39 is 29.0 Å². The Hall–Kier alpha value is -2.83. The van der Waals surface area contributed by atoms with Gasteiger partial charge in [0.05, 0.1) is 5.56 Å². The Morgan fingerprint density at radius 1 is 1.00 bits per heavy atom. The molecule has 0 radical (unpaired) electrons. The Morgan fingerprint density at radius 2 is 1.62 bits per heavy atom.